The summed E-state index contributed by atoms with van der Waals surface area (Å²) in [4.78, 5) is 17.4. The lowest BCUT2D eigenvalue weighted by Crippen LogP contribution is -2.34. The first-order chi connectivity index (χ1) is 9.17. The third-order valence-electron chi connectivity index (χ3n) is 3.20. The molecule has 1 unspecified atom stereocenters. The van der Waals surface area contributed by atoms with Crippen molar-refractivity contribution in [1.29, 1.82) is 5.26 Å². The van der Waals surface area contributed by atoms with Gasteiger partial charge in [-0.05, 0) is 26.0 Å². The molecule has 0 saturated heterocycles. The standard InChI is InChI=1S/C15H17N3O/c1-3-18(10-11(2)9-16)15(19)13-6-4-5-12-7-8-17-14(12)13/h4-8,11,17H,3,10H2,1-2H3. The van der Waals surface area contributed by atoms with E-state index in [0.717, 1.165) is 10.9 Å². The van der Waals surface area contributed by atoms with E-state index >= 15 is 0 Å². The van der Waals surface area contributed by atoms with Crippen LogP contribution in [0.3, 0.4) is 0 Å². The highest BCUT2D eigenvalue weighted by atomic mass is 16.2. The molecule has 1 amide bonds. The van der Waals surface area contributed by atoms with Gasteiger partial charge in [0.25, 0.3) is 5.91 Å². The van der Waals surface area contributed by atoms with E-state index in [1.807, 2.05) is 44.3 Å². The van der Waals surface area contributed by atoms with Gasteiger partial charge in [0.15, 0.2) is 0 Å². The van der Waals surface area contributed by atoms with Crippen LogP contribution in [0.4, 0.5) is 0 Å². The molecular weight excluding hydrogens is 238 g/mol. The molecule has 2 aromatic rings. The van der Waals surface area contributed by atoms with Gasteiger partial charge in [-0.1, -0.05) is 12.1 Å². The predicted octanol–water partition coefficient (Wildman–Crippen LogP) is 2.79. The first-order valence-corrected chi connectivity index (χ1v) is 6.42. The van der Waals surface area contributed by atoms with E-state index in [0.29, 0.717) is 18.7 Å². The van der Waals surface area contributed by atoms with Crippen molar-refractivity contribution in [2.75, 3.05) is 13.1 Å². The summed E-state index contributed by atoms with van der Waals surface area (Å²) in [5.74, 6) is -0.190. The van der Waals surface area contributed by atoms with E-state index in [1.165, 1.54) is 0 Å². The van der Waals surface area contributed by atoms with Gasteiger partial charge >= 0.3 is 0 Å². The van der Waals surface area contributed by atoms with Gasteiger partial charge < -0.3 is 9.88 Å². The average Bonchev–Trinajstić information content (AvgIpc) is 2.91. The molecule has 19 heavy (non-hydrogen) atoms. The maximum absolute atomic E-state index is 12.5. The van der Waals surface area contributed by atoms with Crippen molar-refractivity contribution in [2.24, 2.45) is 5.92 Å². The first kappa shape index (κ1) is 13.2. The van der Waals surface area contributed by atoms with Gasteiger partial charge in [0.1, 0.15) is 0 Å². The van der Waals surface area contributed by atoms with Gasteiger partial charge in [-0.15, -0.1) is 0 Å². The van der Waals surface area contributed by atoms with Crippen LogP contribution in [0.1, 0.15) is 24.2 Å². The second-order valence-corrected chi connectivity index (χ2v) is 4.62. The number of aromatic nitrogens is 1. The fraction of sp³-hybridized carbons (Fsp3) is 0.333. The lowest BCUT2D eigenvalue weighted by Gasteiger charge is -2.22. The normalized spacial score (nSPS) is 12.1. The molecule has 0 saturated carbocycles. The Bertz CT molecular complexity index is 624. The number of hydrogen-bond donors (Lipinski definition) is 1. The molecule has 1 heterocycles. The largest absolute Gasteiger partial charge is 0.361 e. The molecule has 1 N–H and O–H groups in total. The van der Waals surface area contributed by atoms with Crippen LogP contribution >= 0.6 is 0 Å². The monoisotopic (exact) mass is 255 g/mol. The Hall–Kier alpha value is -2.28. The van der Waals surface area contributed by atoms with Gasteiger partial charge in [0.2, 0.25) is 0 Å². The zero-order valence-corrected chi connectivity index (χ0v) is 11.2. The Morgan fingerprint density at radius 1 is 1.47 bits per heavy atom. The third-order valence-corrected chi connectivity index (χ3v) is 3.20. The van der Waals surface area contributed by atoms with Crippen LogP contribution in [0.5, 0.6) is 0 Å². The van der Waals surface area contributed by atoms with Crippen LogP contribution < -0.4 is 0 Å². The highest BCUT2D eigenvalue weighted by molar-refractivity contribution is 6.05. The lowest BCUT2D eigenvalue weighted by atomic mass is 10.1. The Morgan fingerprint density at radius 3 is 2.95 bits per heavy atom. The highest BCUT2D eigenvalue weighted by Gasteiger charge is 2.18. The summed E-state index contributed by atoms with van der Waals surface area (Å²) < 4.78 is 0. The SMILES string of the molecule is CCN(CC(C)C#N)C(=O)c1cccc2cc[nH]c12. The van der Waals surface area contributed by atoms with Crippen molar-refractivity contribution >= 4 is 16.8 Å². The zero-order chi connectivity index (χ0) is 13.8. The van der Waals surface area contributed by atoms with Crippen molar-refractivity contribution in [3.63, 3.8) is 0 Å². The lowest BCUT2D eigenvalue weighted by molar-refractivity contribution is 0.0754. The Labute approximate surface area is 112 Å². The molecule has 0 fully saturated rings. The summed E-state index contributed by atoms with van der Waals surface area (Å²) in [6, 6.07) is 9.78. The minimum absolute atomic E-state index is 0.0300. The Morgan fingerprint density at radius 2 is 2.26 bits per heavy atom. The second kappa shape index (κ2) is 5.57. The number of carbonyl (C=O) groups excluding carboxylic acids is 1. The number of amides is 1. The number of nitrogens with one attached hydrogen (secondary N) is 1. The molecule has 98 valence electrons. The predicted molar refractivity (Wildman–Crippen MR) is 74.7 cm³/mol. The minimum atomic E-state index is -0.160. The van der Waals surface area contributed by atoms with E-state index in [2.05, 4.69) is 11.1 Å². The number of nitriles is 1. The van der Waals surface area contributed by atoms with E-state index < -0.39 is 0 Å². The average molecular weight is 255 g/mol. The summed E-state index contributed by atoms with van der Waals surface area (Å²) >= 11 is 0. The summed E-state index contributed by atoms with van der Waals surface area (Å²) in [6.07, 6.45) is 1.83. The van der Waals surface area contributed by atoms with Crippen LogP contribution in [-0.4, -0.2) is 28.9 Å². The van der Waals surface area contributed by atoms with Gasteiger partial charge in [-0.3, -0.25) is 4.79 Å². The third kappa shape index (κ3) is 2.60. The topological polar surface area (TPSA) is 59.9 Å². The van der Waals surface area contributed by atoms with Gasteiger partial charge in [-0.2, -0.15) is 5.26 Å². The molecule has 1 aromatic carbocycles. The number of fused-ring (bicyclic) bond motifs is 1. The zero-order valence-electron chi connectivity index (χ0n) is 11.2. The Balaban J connectivity index is 2.32. The molecule has 4 nitrogen and oxygen atoms in total. The van der Waals surface area contributed by atoms with Crippen molar-refractivity contribution in [2.45, 2.75) is 13.8 Å². The van der Waals surface area contributed by atoms with Gasteiger partial charge in [-0.25, -0.2) is 0 Å². The molecule has 0 aliphatic rings. The molecule has 0 radical (unpaired) electrons. The molecule has 1 atom stereocenters. The van der Waals surface area contributed by atoms with Crippen molar-refractivity contribution in [1.82, 2.24) is 9.88 Å². The number of para-hydroxylation sites is 1. The van der Waals surface area contributed by atoms with Crippen LogP contribution in [0.15, 0.2) is 30.5 Å². The summed E-state index contributed by atoms with van der Waals surface area (Å²) in [5.41, 5.74) is 1.52. The molecule has 0 bridgehead atoms. The van der Waals surface area contributed by atoms with E-state index in [9.17, 15) is 4.79 Å². The van der Waals surface area contributed by atoms with Gasteiger partial charge in [0.05, 0.1) is 23.1 Å². The molecule has 2 rings (SSSR count). The minimum Gasteiger partial charge on any atom is -0.361 e. The molecule has 0 spiro atoms. The summed E-state index contributed by atoms with van der Waals surface area (Å²) in [7, 11) is 0. The molecule has 1 aromatic heterocycles. The maximum Gasteiger partial charge on any atom is 0.256 e. The van der Waals surface area contributed by atoms with Crippen LogP contribution in [0.2, 0.25) is 0 Å². The second-order valence-electron chi connectivity index (χ2n) is 4.62. The maximum atomic E-state index is 12.5. The van der Waals surface area contributed by atoms with Crippen LogP contribution in [0.25, 0.3) is 10.9 Å². The van der Waals surface area contributed by atoms with E-state index in [4.69, 9.17) is 5.26 Å². The quantitative estimate of drug-likeness (QED) is 0.913. The number of rotatable bonds is 4. The molecule has 4 heteroatoms. The number of aromatic amines is 1. The smallest absolute Gasteiger partial charge is 0.256 e. The fourth-order valence-electron chi connectivity index (χ4n) is 2.16. The number of hydrogen-bond acceptors (Lipinski definition) is 2. The Kier molecular flexibility index (Phi) is 3.86. The van der Waals surface area contributed by atoms with E-state index in [-0.39, 0.29) is 11.8 Å². The fourth-order valence-corrected chi connectivity index (χ4v) is 2.16. The summed E-state index contributed by atoms with van der Waals surface area (Å²) in [6.45, 7) is 4.81. The van der Waals surface area contributed by atoms with Crippen LogP contribution in [0, 0.1) is 17.2 Å². The molecule has 0 aliphatic carbocycles. The first-order valence-electron chi connectivity index (χ1n) is 6.42. The van der Waals surface area contributed by atoms with Crippen molar-refractivity contribution in [3.05, 3.63) is 36.0 Å². The van der Waals surface area contributed by atoms with Crippen LogP contribution in [-0.2, 0) is 0 Å². The number of nitrogens with zero attached hydrogens (tertiary/aromatic N) is 2. The molecule has 0 aliphatic heterocycles. The number of benzene rings is 1. The van der Waals surface area contributed by atoms with Crippen molar-refractivity contribution < 1.29 is 4.79 Å². The number of carbonyl (C=O) groups is 1. The summed E-state index contributed by atoms with van der Waals surface area (Å²) in [5, 5.41) is 9.90. The van der Waals surface area contributed by atoms with Gasteiger partial charge in [0, 0.05) is 24.7 Å². The number of H-pyrrole nitrogens is 1. The highest BCUT2D eigenvalue weighted by Crippen LogP contribution is 2.19. The molecular formula is C15H17N3O. The van der Waals surface area contributed by atoms with Crippen molar-refractivity contribution in [3.8, 4) is 6.07 Å². The van der Waals surface area contributed by atoms with E-state index in [1.54, 1.807) is 4.90 Å².